The van der Waals surface area contributed by atoms with Gasteiger partial charge in [0.2, 0.25) is 10.0 Å². The van der Waals surface area contributed by atoms with Gasteiger partial charge in [0.25, 0.3) is 0 Å². The molecule has 4 nitrogen and oxygen atoms in total. The standard InChI is InChI=1S/C27H28N2O2S/c1-32(30,31)29-16-14-24-18-25(12-13-26(24)29)27(19-22-8-4-2-5-9-22)15-17-28(21-27)20-23-10-6-3-7-11-23/h2-14,16,18H,15,17,19-21H2,1H3. The fourth-order valence-electron chi connectivity index (χ4n) is 5.14. The monoisotopic (exact) mass is 444 g/mol. The quantitative estimate of drug-likeness (QED) is 0.428. The van der Waals surface area contributed by atoms with Crippen LogP contribution in [0.25, 0.3) is 10.9 Å². The molecule has 5 rings (SSSR count). The number of fused-ring (bicyclic) bond motifs is 1. The first-order valence-corrected chi connectivity index (χ1v) is 12.9. The van der Waals surface area contributed by atoms with E-state index in [1.807, 2.05) is 12.1 Å². The first-order valence-electron chi connectivity index (χ1n) is 11.1. The highest BCUT2D eigenvalue weighted by atomic mass is 32.2. The molecule has 0 saturated carbocycles. The maximum atomic E-state index is 12.1. The van der Waals surface area contributed by atoms with Gasteiger partial charge >= 0.3 is 0 Å². The Kier molecular flexibility index (Phi) is 5.39. The fraction of sp³-hybridized carbons (Fsp3) is 0.259. The van der Waals surface area contributed by atoms with Crippen LogP contribution in [0.15, 0.2) is 91.1 Å². The molecule has 2 heterocycles. The zero-order valence-corrected chi connectivity index (χ0v) is 19.1. The van der Waals surface area contributed by atoms with Gasteiger partial charge in [0.1, 0.15) is 0 Å². The molecular formula is C27H28N2O2S. The van der Waals surface area contributed by atoms with E-state index < -0.39 is 10.0 Å². The molecule has 1 aliphatic heterocycles. The summed E-state index contributed by atoms with van der Waals surface area (Å²) in [5.74, 6) is 0. The molecule has 0 bridgehead atoms. The third-order valence-electron chi connectivity index (χ3n) is 6.69. The van der Waals surface area contributed by atoms with Crippen LogP contribution in [0, 0.1) is 0 Å². The predicted octanol–water partition coefficient (Wildman–Crippen LogP) is 4.84. The first kappa shape index (κ1) is 21.0. The van der Waals surface area contributed by atoms with E-state index in [0.717, 1.165) is 43.4 Å². The largest absolute Gasteiger partial charge is 0.298 e. The third kappa shape index (κ3) is 4.10. The summed E-state index contributed by atoms with van der Waals surface area (Å²) in [5, 5.41) is 0.974. The van der Waals surface area contributed by atoms with Gasteiger partial charge in [-0.05, 0) is 54.3 Å². The molecule has 164 valence electrons. The highest BCUT2D eigenvalue weighted by molar-refractivity contribution is 7.89. The summed E-state index contributed by atoms with van der Waals surface area (Å²) in [4.78, 5) is 2.55. The van der Waals surface area contributed by atoms with E-state index >= 15 is 0 Å². The van der Waals surface area contributed by atoms with E-state index in [0.29, 0.717) is 0 Å². The van der Waals surface area contributed by atoms with E-state index in [4.69, 9.17) is 0 Å². The lowest BCUT2D eigenvalue weighted by Gasteiger charge is -2.31. The molecular weight excluding hydrogens is 416 g/mol. The Morgan fingerprint density at radius 3 is 2.25 bits per heavy atom. The van der Waals surface area contributed by atoms with Gasteiger partial charge in [-0.25, -0.2) is 12.4 Å². The van der Waals surface area contributed by atoms with E-state index in [-0.39, 0.29) is 5.41 Å². The number of hydrogen-bond donors (Lipinski definition) is 0. The first-order chi connectivity index (χ1) is 15.4. The second-order valence-corrected chi connectivity index (χ2v) is 10.9. The van der Waals surface area contributed by atoms with Crippen molar-refractivity contribution in [1.82, 2.24) is 8.87 Å². The van der Waals surface area contributed by atoms with E-state index in [9.17, 15) is 8.42 Å². The molecule has 1 aliphatic rings. The summed E-state index contributed by atoms with van der Waals surface area (Å²) in [6.07, 6.45) is 4.95. The maximum absolute atomic E-state index is 12.1. The van der Waals surface area contributed by atoms with Crippen LogP contribution in [0.2, 0.25) is 0 Å². The zero-order chi connectivity index (χ0) is 22.2. The molecule has 32 heavy (non-hydrogen) atoms. The van der Waals surface area contributed by atoms with Crippen LogP contribution in [-0.4, -0.2) is 36.6 Å². The Hall–Kier alpha value is -2.89. The van der Waals surface area contributed by atoms with E-state index in [2.05, 4.69) is 77.7 Å². The van der Waals surface area contributed by atoms with Crippen molar-refractivity contribution in [3.8, 4) is 0 Å². The zero-order valence-electron chi connectivity index (χ0n) is 18.3. The summed E-state index contributed by atoms with van der Waals surface area (Å²) < 4.78 is 25.6. The second kappa shape index (κ2) is 8.23. The maximum Gasteiger partial charge on any atom is 0.236 e. The number of benzene rings is 3. The predicted molar refractivity (Wildman–Crippen MR) is 130 cm³/mol. The lowest BCUT2D eigenvalue weighted by molar-refractivity contribution is 0.301. The minimum absolute atomic E-state index is 0.00247. The molecule has 1 fully saturated rings. The Morgan fingerprint density at radius 2 is 1.56 bits per heavy atom. The smallest absolute Gasteiger partial charge is 0.236 e. The molecule has 0 amide bonds. The number of likely N-dealkylation sites (tertiary alicyclic amines) is 1. The van der Waals surface area contributed by atoms with Crippen molar-refractivity contribution in [2.75, 3.05) is 19.3 Å². The van der Waals surface area contributed by atoms with Crippen LogP contribution >= 0.6 is 0 Å². The van der Waals surface area contributed by atoms with Crippen molar-refractivity contribution in [2.45, 2.75) is 24.8 Å². The molecule has 0 spiro atoms. The average Bonchev–Trinajstić information content (AvgIpc) is 3.39. The lowest BCUT2D eigenvalue weighted by atomic mass is 9.74. The van der Waals surface area contributed by atoms with E-state index in [1.165, 1.54) is 26.9 Å². The molecule has 4 aromatic rings. The molecule has 5 heteroatoms. The van der Waals surface area contributed by atoms with Crippen molar-refractivity contribution in [3.63, 3.8) is 0 Å². The molecule has 1 aromatic heterocycles. The van der Waals surface area contributed by atoms with E-state index in [1.54, 1.807) is 6.20 Å². The molecule has 1 atom stereocenters. The summed E-state index contributed by atoms with van der Waals surface area (Å²) >= 11 is 0. The summed E-state index contributed by atoms with van der Waals surface area (Å²) in [7, 11) is -3.32. The highest BCUT2D eigenvalue weighted by Gasteiger charge is 2.39. The molecule has 0 radical (unpaired) electrons. The van der Waals surface area contributed by atoms with Gasteiger partial charge in [-0.15, -0.1) is 0 Å². The van der Waals surface area contributed by atoms with Gasteiger partial charge in [0, 0.05) is 30.1 Å². The number of hydrogen-bond acceptors (Lipinski definition) is 3. The van der Waals surface area contributed by atoms with Gasteiger partial charge in [0.15, 0.2) is 0 Å². The van der Waals surface area contributed by atoms with Gasteiger partial charge in [-0.3, -0.25) is 4.90 Å². The lowest BCUT2D eigenvalue weighted by Crippen LogP contribution is -2.33. The SMILES string of the molecule is CS(=O)(=O)n1ccc2cc(C3(Cc4ccccc4)CCN(Cc4ccccc4)C3)ccc21. The van der Waals surface area contributed by atoms with Gasteiger partial charge in [-0.1, -0.05) is 66.7 Å². The Balaban J connectivity index is 1.52. The Labute approximate surface area is 190 Å². The fourth-order valence-corrected chi connectivity index (χ4v) is 5.95. The third-order valence-corrected chi connectivity index (χ3v) is 7.72. The van der Waals surface area contributed by atoms with Crippen molar-refractivity contribution in [2.24, 2.45) is 0 Å². The van der Waals surface area contributed by atoms with Crippen LogP contribution in [0.5, 0.6) is 0 Å². The summed E-state index contributed by atoms with van der Waals surface area (Å²) in [5.41, 5.74) is 4.70. The van der Waals surface area contributed by atoms with Crippen molar-refractivity contribution in [1.29, 1.82) is 0 Å². The minimum atomic E-state index is -3.32. The topological polar surface area (TPSA) is 42.3 Å². The van der Waals surface area contributed by atoms with Crippen molar-refractivity contribution >= 4 is 20.9 Å². The molecule has 3 aromatic carbocycles. The van der Waals surface area contributed by atoms with Gasteiger partial charge in [-0.2, -0.15) is 0 Å². The Morgan fingerprint density at radius 1 is 0.875 bits per heavy atom. The molecule has 1 unspecified atom stereocenters. The van der Waals surface area contributed by atoms with Crippen LogP contribution in [0.4, 0.5) is 0 Å². The summed E-state index contributed by atoms with van der Waals surface area (Å²) in [6, 6.07) is 29.6. The van der Waals surface area contributed by atoms with Crippen molar-refractivity contribution < 1.29 is 8.42 Å². The second-order valence-electron chi connectivity index (χ2n) is 9.04. The molecule has 0 aliphatic carbocycles. The number of nitrogens with zero attached hydrogens (tertiary/aromatic N) is 2. The average molecular weight is 445 g/mol. The molecule has 1 saturated heterocycles. The number of aromatic nitrogens is 1. The summed E-state index contributed by atoms with van der Waals surface area (Å²) in [6.45, 7) is 2.98. The van der Waals surface area contributed by atoms with Crippen LogP contribution in [0.1, 0.15) is 23.1 Å². The Bertz CT molecular complexity index is 1330. The number of rotatable bonds is 6. The van der Waals surface area contributed by atoms with Crippen LogP contribution < -0.4 is 0 Å². The normalized spacial score (nSPS) is 19.5. The van der Waals surface area contributed by atoms with Crippen molar-refractivity contribution in [3.05, 3.63) is 108 Å². The van der Waals surface area contributed by atoms with Crippen LogP contribution in [0.3, 0.4) is 0 Å². The molecule has 0 N–H and O–H groups in total. The van der Waals surface area contributed by atoms with Gasteiger partial charge in [0.05, 0.1) is 11.8 Å². The minimum Gasteiger partial charge on any atom is -0.298 e. The highest BCUT2D eigenvalue weighted by Crippen LogP contribution is 2.39. The van der Waals surface area contributed by atoms with Gasteiger partial charge < -0.3 is 0 Å². The van der Waals surface area contributed by atoms with Crippen LogP contribution in [-0.2, 0) is 28.4 Å².